The summed E-state index contributed by atoms with van der Waals surface area (Å²) in [5.41, 5.74) is 1.43. The van der Waals surface area contributed by atoms with Gasteiger partial charge in [0.15, 0.2) is 0 Å². The second kappa shape index (κ2) is 11.2. The molecule has 1 fully saturated rings. The average Bonchev–Trinajstić information content (AvgIpc) is 2.83. The predicted molar refractivity (Wildman–Crippen MR) is 142 cm³/mol. The minimum absolute atomic E-state index is 0.215. The first-order valence-corrected chi connectivity index (χ1v) is 12.5. The quantitative estimate of drug-likeness (QED) is 0.378. The lowest BCUT2D eigenvalue weighted by Crippen LogP contribution is -2.56. The van der Waals surface area contributed by atoms with Crippen LogP contribution in [0.1, 0.15) is 51.9 Å². The number of fused-ring (bicyclic) bond motifs is 1. The Labute approximate surface area is 217 Å². The molecule has 192 valence electrons. The average molecular weight is 514 g/mol. The van der Waals surface area contributed by atoms with Crippen LogP contribution in [0.2, 0.25) is 5.02 Å². The molecule has 0 radical (unpaired) electrons. The minimum atomic E-state index is -0.587. The van der Waals surface area contributed by atoms with Gasteiger partial charge in [0.25, 0.3) is 5.91 Å². The summed E-state index contributed by atoms with van der Waals surface area (Å²) >= 11 is 6.27. The van der Waals surface area contributed by atoms with E-state index >= 15 is 4.39 Å². The van der Waals surface area contributed by atoms with Crippen LogP contribution in [-0.4, -0.2) is 58.1 Å². The molecule has 1 aliphatic rings. The van der Waals surface area contributed by atoms with E-state index in [0.29, 0.717) is 35.8 Å². The topological polar surface area (TPSA) is 62.7 Å². The standard InChI is InChI=1S/C26H27ClFN3O3.C2H6/c1-16-15-30(11-12-31(16)25(33)34-26(2,3)4)24(32)18-5-7-19(22(28)14-18)17-6-8-23-20(13-17)21(27)9-10-29-23;1-2/h5-10,13-14,16H,11-12,15H2,1-4H3;1-2H3. The zero-order valence-corrected chi connectivity index (χ0v) is 22.4. The zero-order valence-electron chi connectivity index (χ0n) is 21.6. The maximum Gasteiger partial charge on any atom is 0.410 e. The van der Waals surface area contributed by atoms with Crippen molar-refractivity contribution < 1.29 is 18.7 Å². The molecule has 6 nitrogen and oxygen atoms in total. The van der Waals surface area contributed by atoms with Crippen molar-refractivity contribution in [2.75, 3.05) is 19.6 Å². The molecule has 0 aliphatic carbocycles. The van der Waals surface area contributed by atoms with Gasteiger partial charge in [-0.15, -0.1) is 0 Å². The number of carbonyl (C=O) groups excluding carboxylic acids is 2. The first kappa shape index (κ1) is 27.4. The molecule has 4 rings (SSSR count). The molecule has 2 heterocycles. The van der Waals surface area contributed by atoms with Crippen molar-refractivity contribution in [3.8, 4) is 11.1 Å². The van der Waals surface area contributed by atoms with Crippen LogP contribution in [0.15, 0.2) is 48.7 Å². The van der Waals surface area contributed by atoms with E-state index < -0.39 is 17.5 Å². The van der Waals surface area contributed by atoms with E-state index in [9.17, 15) is 9.59 Å². The van der Waals surface area contributed by atoms with Crippen LogP contribution in [0.25, 0.3) is 22.0 Å². The third kappa shape index (κ3) is 6.13. The fourth-order valence-corrected chi connectivity index (χ4v) is 4.29. The number of carbonyl (C=O) groups is 2. The summed E-state index contributed by atoms with van der Waals surface area (Å²) in [6, 6.07) is 11.3. The molecule has 1 saturated heterocycles. The molecule has 8 heteroatoms. The van der Waals surface area contributed by atoms with Gasteiger partial charge >= 0.3 is 6.09 Å². The van der Waals surface area contributed by atoms with Crippen molar-refractivity contribution >= 4 is 34.5 Å². The second-order valence-corrected chi connectivity index (χ2v) is 9.90. The second-order valence-electron chi connectivity index (χ2n) is 9.49. The van der Waals surface area contributed by atoms with Crippen LogP contribution in [0.3, 0.4) is 0 Å². The van der Waals surface area contributed by atoms with Gasteiger partial charge in [0.05, 0.1) is 10.5 Å². The number of rotatable bonds is 2. The number of amides is 2. The monoisotopic (exact) mass is 513 g/mol. The Morgan fingerprint density at radius 1 is 1.08 bits per heavy atom. The number of piperazine rings is 1. The molecule has 0 bridgehead atoms. The molecule has 0 N–H and O–H groups in total. The van der Waals surface area contributed by atoms with Crippen molar-refractivity contribution in [2.45, 2.75) is 53.2 Å². The lowest BCUT2D eigenvalue weighted by molar-refractivity contribution is 0.00198. The third-order valence-corrected chi connectivity index (χ3v) is 6.09. The first-order valence-electron chi connectivity index (χ1n) is 12.2. The normalized spacial score (nSPS) is 15.8. The molecule has 0 spiro atoms. The van der Waals surface area contributed by atoms with Gasteiger partial charge in [0.1, 0.15) is 11.4 Å². The van der Waals surface area contributed by atoms with Gasteiger partial charge in [-0.3, -0.25) is 9.78 Å². The first-order chi connectivity index (χ1) is 17.0. The number of aromatic nitrogens is 1. The van der Waals surface area contributed by atoms with Gasteiger partial charge in [-0.2, -0.15) is 0 Å². The summed E-state index contributed by atoms with van der Waals surface area (Å²) in [4.78, 5) is 33.0. The van der Waals surface area contributed by atoms with E-state index in [-0.39, 0.29) is 17.5 Å². The molecular formula is C28H33ClFN3O3. The van der Waals surface area contributed by atoms with E-state index in [4.69, 9.17) is 16.3 Å². The summed E-state index contributed by atoms with van der Waals surface area (Å²) in [5, 5.41) is 1.27. The van der Waals surface area contributed by atoms with Crippen molar-refractivity contribution in [3.05, 3.63) is 65.1 Å². The molecule has 2 aromatic carbocycles. The Balaban J connectivity index is 0.00000176. The molecule has 0 saturated carbocycles. The van der Waals surface area contributed by atoms with E-state index in [1.807, 2.05) is 41.5 Å². The molecule has 1 atom stereocenters. The predicted octanol–water partition coefficient (Wildman–Crippen LogP) is 6.80. The summed E-state index contributed by atoms with van der Waals surface area (Å²) in [6.45, 7) is 12.4. The van der Waals surface area contributed by atoms with Gasteiger partial charge in [0.2, 0.25) is 0 Å². The van der Waals surface area contributed by atoms with Crippen molar-refractivity contribution in [2.24, 2.45) is 0 Å². The Bertz CT molecular complexity index is 1260. The number of nitrogens with zero attached hydrogens (tertiary/aromatic N) is 3. The number of pyridine rings is 1. The highest BCUT2D eigenvalue weighted by atomic mass is 35.5. The number of benzene rings is 2. The molecular weight excluding hydrogens is 481 g/mol. The largest absolute Gasteiger partial charge is 0.444 e. The van der Waals surface area contributed by atoms with Crippen LogP contribution >= 0.6 is 11.6 Å². The Hall–Kier alpha value is -3.19. The van der Waals surface area contributed by atoms with Crippen LogP contribution < -0.4 is 0 Å². The Kier molecular flexibility index (Phi) is 8.56. The highest BCUT2D eigenvalue weighted by molar-refractivity contribution is 6.35. The number of halogens is 2. The maximum atomic E-state index is 15.1. The summed E-state index contributed by atoms with van der Waals surface area (Å²) in [5.74, 6) is -0.766. The van der Waals surface area contributed by atoms with Gasteiger partial charge in [-0.25, -0.2) is 9.18 Å². The fraction of sp³-hybridized carbons (Fsp3) is 0.393. The summed E-state index contributed by atoms with van der Waals surface area (Å²) < 4.78 is 20.5. The van der Waals surface area contributed by atoms with Gasteiger partial charge in [-0.1, -0.05) is 37.6 Å². The van der Waals surface area contributed by atoms with E-state index in [1.165, 1.54) is 6.07 Å². The van der Waals surface area contributed by atoms with Crippen LogP contribution in [0.4, 0.5) is 9.18 Å². The number of ether oxygens (including phenoxy) is 1. The van der Waals surface area contributed by atoms with Crippen molar-refractivity contribution in [3.63, 3.8) is 0 Å². The zero-order chi connectivity index (χ0) is 26.6. The molecule has 2 amide bonds. The molecule has 1 unspecified atom stereocenters. The van der Waals surface area contributed by atoms with Gasteiger partial charge < -0.3 is 14.5 Å². The lowest BCUT2D eigenvalue weighted by atomic mass is 10.0. The summed E-state index contributed by atoms with van der Waals surface area (Å²) in [7, 11) is 0. The third-order valence-electron chi connectivity index (χ3n) is 5.76. The number of hydrogen-bond donors (Lipinski definition) is 0. The van der Waals surface area contributed by atoms with Crippen LogP contribution in [0.5, 0.6) is 0 Å². The smallest absolute Gasteiger partial charge is 0.410 e. The number of hydrogen-bond acceptors (Lipinski definition) is 4. The Morgan fingerprint density at radius 3 is 2.44 bits per heavy atom. The molecule has 1 aromatic heterocycles. The summed E-state index contributed by atoms with van der Waals surface area (Å²) in [6.07, 6.45) is 1.23. The highest BCUT2D eigenvalue weighted by Gasteiger charge is 2.33. The molecule has 1 aliphatic heterocycles. The van der Waals surface area contributed by atoms with E-state index in [2.05, 4.69) is 4.98 Å². The SMILES string of the molecule is CC.CC1CN(C(=O)c2ccc(-c3ccc4nccc(Cl)c4c3)c(F)c2)CCN1C(=O)OC(C)(C)C. The fourth-order valence-electron chi connectivity index (χ4n) is 4.08. The molecule has 36 heavy (non-hydrogen) atoms. The van der Waals surface area contributed by atoms with E-state index in [1.54, 1.807) is 52.4 Å². The van der Waals surface area contributed by atoms with Crippen LogP contribution in [-0.2, 0) is 4.74 Å². The van der Waals surface area contributed by atoms with Crippen molar-refractivity contribution in [1.82, 2.24) is 14.8 Å². The van der Waals surface area contributed by atoms with Crippen LogP contribution in [0, 0.1) is 5.82 Å². The van der Waals surface area contributed by atoms with Gasteiger partial charge in [-0.05, 0) is 63.6 Å². The van der Waals surface area contributed by atoms with Crippen molar-refractivity contribution in [1.29, 1.82) is 0 Å². The lowest BCUT2D eigenvalue weighted by Gasteiger charge is -2.40. The minimum Gasteiger partial charge on any atom is -0.444 e. The highest BCUT2D eigenvalue weighted by Crippen LogP contribution is 2.30. The van der Waals surface area contributed by atoms with E-state index in [0.717, 1.165) is 10.9 Å². The Morgan fingerprint density at radius 2 is 1.81 bits per heavy atom. The molecule has 3 aromatic rings. The van der Waals surface area contributed by atoms with Gasteiger partial charge in [0, 0.05) is 48.4 Å². The maximum absolute atomic E-state index is 15.1.